The van der Waals surface area contributed by atoms with Gasteiger partial charge in [-0.3, -0.25) is 10.2 Å². The van der Waals surface area contributed by atoms with E-state index in [4.69, 9.17) is 27.9 Å². The number of methoxy groups -OCH3 is 1. The highest BCUT2D eigenvalue weighted by molar-refractivity contribution is 8.00. The summed E-state index contributed by atoms with van der Waals surface area (Å²) in [5.74, 6) is 0.893. The van der Waals surface area contributed by atoms with Crippen LogP contribution in [0.1, 0.15) is 0 Å². The lowest BCUT2D eigenvalue weighted by Gasteiger charge is -2.02. The fraction of sp³-hybridized carbons (Fsp3) is 0.125. The number of nitrogens with zero attached hydrogens (tertiary/aromatic N) is 1. The first-order chi connectivity index (χ1) is 11.1. The molecule has 120 valence electrons. The van der Waals surface area contributed by atoms with Crippen molar-refractivity contribution in [3.05, 3.63) is 52.5 Å². The molecule has 23 heavy (non-hydrogen) atoms. The highest BCUT2D eigenvalue weighted by atomic mass is 35.5. The van der Waals surface area contributed by atoms with E-state index in [1.54, 1.807) is 37.4 Å². The van der Waals surface area contributed by atoms with Gasteiger partial charge in [-0.25, -0.2) is 0 Å². The number of hydrogen-bond donors (Lipinski definition) is 1. The molecule has 0 aliphatic rings. The van der Waals surface area contributed by atoms with E-state index < -0.39 is 0 Å². The number of carbonyl (C=O) groups is 1. The van der Waals surface area contributed by atoms with E-state index in [1.165, 1.54) is 18.0 Å². The molecular weight excluding hydrogens is 355 g/mol. The van der Waals surface area contributed by atoms with Crippen molar-refractivity contribution < 1.29 is 9.53 Å². The minimum atomic E-state index is -0.118. The summed E-state index contributed by atoms with van der Waals surface area (Å²) < 4.78 is 5.06. The van der Waals surface area contributed by atoms with E-state index in [9.17, 15) is 4.79 Å². The number of hydrazone groups is 1. The predicted octanol–water partition coefficient (Wildman–Crippen LogP) is 4.76. The Hall–Kier alpha value is -1.69. The van der Waals surface area contributed by atoms with Crippen LogP contribution in [0, 0.1) is 0 Å². The van der Waals surface area contributed by atoms with Crippen LogP contribution in [-0.4, -0.2) is 24.9 Å². The van der Waals surface area contributed by atoms with Crippen LogP contribution in [0.25, 0.3) is 0 Å². The number of anilines is 1. The first kappa shape index (κ1) is 17.7. The predicted molar refractivity (Wildman–Crippen MR) is 97.3 cm³/mol. The number of halogens is 2. The molecule has 0 aliphatic carbocycles. The maximum absolute atomic E-state index is 11.8. The molecular formula is C16H14Cl2N2O2S. The number of ketones is 1. The largest absolute Gasteiger partial charge is 0.497 e. The fourth-order valence-corrected chi connectivity index (χ4v) is 3.11. The van der Waals surface area contributed by atoms with Crippen molar-refractivity contribution in [2.45, 2.75) is 4.90 Å². The number of carbonyl (C=O) groups excluding carboxylic acids is 1. The molecule has 0 bridgehead atoms. The highest BCUT2D eigenvalue weighted by Gasteiger charge is 2.03. The van der Waals surface area contributed by atoms with E-state index >= 15 is 0 Å². The molecule has 7 heteroatoms. The molecule has 0 fully saturated rings. The average molecular weight is 369 g/mol. The van der Waals surface area contributed by atoms with E-state index in [0.29, 0.717) is 10.0 Å². The minimum absolute atomic E-state index is 0.118. The molecule has 0 saturated heterocycles. The summed E-state index contributed by atoms with van der Waals surface area (Å²) >= 11 is 13.2. The van der Waals surface area contributed by atoms with Crippen LogP contribution in [-0.2, 0) is 4.79 Å². The van der Waals surface area contributed by atoms with Gasteiger partial charge in [0.1, 0.15) is 5.75 Å². The lowest BCUT2D eigenvalue weighted by atomic mass is 10.3. The summed E-state index contributed by atoms with van der Waals surface area (Å²) in [4.78, 5) is 12.6. The SMILES string of the molecule is COc1ccc(NN=CC(=O)CSc2cc(Cl)cc(Cl)c2)cc1. The third-order valence-corrected chi connectivity index (χ3v) is 4.14. The van der Waals surface area contributed by atoms with Crippen molar-refractivity contribution in [3.63, 3.8) is 0 Å². The molecule has 0 heterocycles. The summed E-state index contributed by atoms with van der Waals surface area (Å²) in [6.07, 6.45) is 1.25. The summed E-state index contributed by atoms with van der Waals surface area (Å²) in [6, 6.07) is 12.4. The fourth-order valence-electron chi connectivity index (χ4n) is 1.65. The van der Waals surface area contributed by atoms with Gasteiger partial charge in [0, 0.05) is 14.9 Å². The third-order valence-electron chi connectivity index (χ3n) is 2.71. The summed E-state index contributed by atoms with van der Waals surface area (Å²) in [6.45, 7) is 0. The number of thioether (sulfide) groups is 1. The van der Waals surface area contributed by atoms with Crippen molar-refractivity contribution in [2.75, 3.05) is 18.3 Å². The number of benzene rings is 2. The Morgan fingerprint density at radius 3 is 2.48 bits per heavy atom. The number of Topliss-reactive ketones (excluding diaryl/α,β-unsaturated/α-hetero) is 1. The van der Waals surface area contributed by atoms with Crippen LogP contribution >= 0.6 is 35.0 Å². The Labute approximate surface area is 148 Å². The molecule has 0 spiro atoms. The minimum Gasteiger partial charge on any atom is -0.497 e. The molecule has 2 aromatic carbocycles. The topological polar surface area (TPSA) is 50.7 Å². The number of rotatable bonds is 7. The van der Waals surface area contributed by atoms with Crippen LogP contribution in [0.15, 0.2) is 52.5 Å². The second-order valence-electron chi connectivity index (χ2n) is 4.46. The van der Waals surface area contributed by atoms with Crippen LogP contribution in [0.2, 0.25) is 10.0 Å². The molecule has 0 aromatic heterocycles. The van der Waals surface area contributed by atoms with Gasteiger partial charge in [-0.2, -0.15) is 5.10 Å². The molecule has 2 rings (SSSR count). The van der Waals surface area contributed by atoms with Gasteiger partial charge in [0.2, 0.25) is 0 Å². The van der Waals surface area contributed by atoms with Crippen molar-refractivity contribution in [1.82, 2.24) is 0 Å². The van der Waals surface area contributed by atoms with Gasteiger partial charge in [0.25, 0.3) is 0 Å². The van der Waals surface area contributed by atoms with Gasteiger partial charge < -0.3 is 4.74 Å². The Kier molecular flexibility index (Phi) is 6.77. The zero-order valence-corrected chi connectivity index (χ0v) is 14.6. The number of hydrogen-bond acceptors (Lipinski definition) is 5. The quantitative estimate of drug-likeness (QED) is 0.434. The van der Waals surface area contributed by atoms with E-state index in [1.807, 2.05) is 12.1 Å². The molecule has 1 N–H and O–H groups in total. The zero-order valence-electron chi connectivity index (χ0n) is 12.3. The maximum Gasteiger partial charge on any atom is 0.185 e. The lowest BCUT2D eigenvalue weighted by molar-refractivity contribution is -0.110. The number of ether oxygens (including phenoxy) is 1. The normalized spacial score (nSPS) is 10.7. The second kappa shape index (κ2) is 8.82. The van der Waals surface area contributed by atoms with Crippen molar-refractivity contribution in [3.8, 4) is 5.75 Å². The van der Waals surface area contributed by atoms with Gasteiger partial charge in [-0.15, -0.1) is 11.8 Å². The molecule has 4 nitrogen and oxygen atoms in total. The molecule has 0 saturated carbocycles. The van der Waals surface area contributed by atoms with Crippen molar-refractivity contribution in [1.29, 1.82) is 0 Å². The zero-order chi connectivity index (χ0) is 16.7. The molecule has 0 atom stereocenters. The van der Waals surface area contributed by atoms with Crippen LogP contribution < -0.4 is 10.2 Å². The monoisotopic (exact) mass is 368 g/mol. The summed E-state index contributed by atoms with van der Waals surface area (Å²) in [5, 5.41) is 5.00. The van der Waals surface area contributed by atoms with E-state index in [0.717, 1.165) is 16.3 Å². The van der Waals surface area contributed by atoms with Gasteiger partial charge in [0.05, 0.1) is 24.8 Å². The Bertz CT molecular complexity index is 685. The maximum atomic E-state index is 11.8. The molecule has 0 unspecified atom stereocenters. The Balaban J connectivity index is 1.81. The molecule has 2 aromatic rings. The van der Waals surface area contributed by atoms with E-state index in [-0.39, 0.29) is 11.5 Å². The van der Waals surface area contributed by atoms with Gasteiger partial charge in [-0.05, 0) is 42.5 Å². The van der Waals surface area contributed by atoms with Crippen LogP contribution in [0.5, 0.6) is 5.75 Å². The number of nitrogens with one attached hydrogen (secondary N) is 1. The lowest BCUT2D eigenvalue weighted by Crippen LogP contribution is -2.04. The second-order valence-corrected chi connectivity index (χ2v) is 6.38. The van der Waals surface area contributed by atoms with E-state index in [2.05, 4.69) is 10.5 Å². The van der Waals surface area contributed by atoms with Gasteiger partial charge in [0.15, 0.2) is 5.78 Å². The Morgan fingerprint density at radius 1 is 1.22 bits per heavy atom. The van der Waals surface area contributed by atoms with Crippen molar-refractivity contribution in [2.24, 2.45) is 5.10 Å². The molecule has 0 amide bonds. The summed E-state index contributed by atoms with van der Waals surface area (Å²) in [7, 11) is 1.60. The first-order valence-electron chi connectivity index (χ1n) is 6.61. The third kappa shape index (κ3) is 6.14. The summed E-state index contributed by atoms with van der Waals surface area (Å²) in [5.41, 5.74) is 3.55. The van der Waals surface area contributed by atoms with Crippen molar-refractivity contribution >= 4 is 52.6 Å². The molecule has 0 aliphatic heterocycles. The standard InChI is InChI=1S/C16H14Cl2N2O2S/c1-22-15-4-2-13(3-5-15)20-19-9-14(21)10-23-16-7-11(17)6-12(18)8-16/h2-9,20H,10H2,1H3. The average Bonchev–Trinajstić information content (AvgIpc) is 2.53. The smallest absolute Gasteiger partial charge is 0.185 e. The highest BCUT2D eigenvalue weighted by Crippen LogP contribution is 2.26. The first-order valence-corrected chi connectivity index (χ1v) is 8.36. The molecule has 0 radical (unpaired) electrons. The van der Waals surface area contributed by atoms with Crippen LogP contribution in [0.3, 0.4) is 0 Å². The van der Waals surface area contributed by atoms with Gasteiger partial charge in [-0.1, -0.05) is 23.2 Å². The van der Waals surface area contributed by atoms with Crippen LogP contribution in [0.4, 0.5) is 5.69 Å². The van der Waals surface area contributed by atoms with Gasteiger partial charge >= 0.3 is 0 Å². The Morgan fingerprint density at radius 2 is 1.87 bits per heavy atom.